The van der Waals surface area contributed by atoms with Crippen molar-refractivity contribution in [2.75, 3.05) is 0 Å². The maximum Gasteiger partial charge on any atom is 0.165 e. The van der Waals surface area contributed by atoms with Gasteiger partial charge in [0, 0.05) is 16.7 Å². The van der Waals surface area contributed by atoms with E-state index in [9.17, 15) is 0 Å². The average molecular weight is 636 g/mol. The molecule has 0 aliphatic heterocycles. The molecule has 0 amide bonds. The van der Waals surface area contributed by atoms with Crippen molar-refractivity contribution >= 4 is 53.9 Å². The minimum atomic E-state index is 0.646. The third-order valence-electron chi connectivity index (χ3n) is 9.89. The number of rotatable bonds is 4. The second kappa shape index (κ2) is 11.5. The molecule has 1 aromatic heterocycles. The summed E-state index contributed by atoms with van der Waals surface area (Å²) in [4.78, 5) is 15.9. The van der Waals surface area contributed by atoms with Crippen molar-refractivity contribution < 1.29 is 0 Å². The molecule has 10 aromatic rings. The Morgan fingerprint density at radius 3 is 1.38 bits per heavy atom. The van der Waals surface area contributed by atoms with Crippen LogP contribution in [0, 0.1) is 0 Å². The van der Waals surface area contributed by atoms with Crippen molar-refractivity contribution in [1.29, 1.82) is 0 Å². The molecule has 0 N–H and O–H groups in total. The lowest BCUT2D eigenvalue weighted by Gasteiger charge is -2.18. The van der Waals surface area contributed by atoms with Gasteiger partial charge in [0.15, 0.2) is 17.5 Å². The average Bonchev–Trinajstić information content (AvgIpc) is 3.20. The van der Waals surface area contributed by atoms with E-state index in [2.05, 4.69) is 158 Å². The van der Waals surface area contributed by atoms with Gasteiger partial charge in [-0.1, -0.05) is 170 Å². The molecular weight excluding hydrogens is 607 g/mol. The van der Waals surface area contributed by atoms with E-state index in [-0.39, 0.29) is 0 Å². The van der Waals surface area contributed by atoms with Gasteiger partial charge in [0.1, 0.15) is 0 Å². The fraction of sp³-hybridized carbons (Fsp3) is 0. The Hall–Kier alpha value is -6.71. The first-order valence-corrected chi connectivity index (χ1v) is 17.0. The number of aromatic nitrogens is 3. The summed E-state index contributed by atoms with van der Waals surface area (Å²) >= 11 is 0. The number of hydrogen-bond donors (Lipinski definition) is 0. The lowest BCUT2D eigenvalue weighted by atomic mass is 9.88. The van der Waals surface area contributed by atoms with Gasteiger partial charge in [0.25, 0.3) is 0 Å². The predicted molar refractivity (Wildman–Crippen MR) is 209 cm³/mol. The van der Waals surface area contributed by atoms with Gasteiger partial charge in [0.2, 0.25) is 0 Å². The van der Waals surface area contributed by atoms with Gasteiger partial charge >= 0.3 is 0 Å². The summed E-state index contributed by atoms with van der Waals surface area (Å²) in [5, 5.41) is 11.7. The van der Waals surface area contributed by atoms with Crippen LogP contribution in [0.5, 0.6) is 0 Å². The van der Waals surface area contributed by atoms with Crippen LogP contribution in [0.1, 0.15) is 0 Å². The van der Waals surface area contributed by atoms with Crippen molar-refractivity contribution in [3.05, 3.63) is 176 Å². The molecule has 0 saturated heterocycles. The monoisotopic (exact) mass is 635 g/mol. The minimum absolute atomic E-state index is 0.646. The highest BCUT2D eigenvalue weighted by Gasteiger charge is 2.21. The van der Waals surface area contributed by atoms with Crippen LogP contribution >= 0.6 is 0 Å². The van der Waals surface area contributed by atoms with E-state index in [0.29, 0.717) is 17.5 Å². The van der Waals surface area contributed by atoms with Crippen molar-refractivity contribution in [2.45, 2.75) is 0 Å². The molecular formula is C47H29N3. The third-order valence-corrected chi connectivity index (χ3v) is 9.89. The number of nitrogens with zero attached hydrogens (tertiary/aromatic N) is 3. The van der Waals surface area contributed by atoms with Crippen LogP contribution in [0.3, 0.4) is 0 Å². The molecule has 3 heteroatoms. The highest BCUT2D eigenvalue weighted by molar-refractivity contribution is 6.22. The summed E-state index contributed by atoms with van der Waals surface area (Å²) in [5.41, 5.74) is 5.34. The molecule has 10 rings (SSSR count). The van der Waals surface area contributed by atoms with Crippen LogP contribution in [0.2, 0.25) is 0 Å². The predicted octanol–water partition coefficient (Wildman–Crippen LogP) is 12.3. The van der Waals surface area contributed by atoms with Crippen LogP contribution < -0.4 is 0 Å². The Kier molecular flexibility index (Phi) is 6.49. The smallest absolute Gasteiger partial charge is 0.165 e. The van der Waals surface area contributed by atoms with Gasteiger partial charge in [-0.3, -0.25) is 0 Å². The van der Waals surface area contributed by atoms with Crippen molar-refractivity contribution in [1.82, 2.24) is 15.0 Å². The molecule has 50 heavy (non-hydrogen) atoms. The Morgan fingerprint density at radius 2 is 0.720 bits per heavy atom. The summed E-state index contributed by atoms with van der Waals surface area (Å²) in [6.45, 7) is 0. The van der Waals surface area contributed by atoms with E-state index >= 15 is 0 Å². The van der Waals surface area contributed by atoms with E-state index in [0.717, 1.165) is 32.8 Å². The molecule has 1 heterocycles. The maximum absolute atomic E-state index is 5.42. The molecule has 0 unspecified atom stereocenters. The summed E-state index contributed by atoms with van der Waals surface area (Å²) in [6, 6.07) is 62.1. The molecule has 0 aliphatic carbocycles. The quantitative estimate of drug-likeness (QED) is 0.143. The van der Waals surface area contributed by atoms with Gasteiger partial charge < -0.3 is 0 Å². The van der Waals surface area contributed by atoms with Crippen molar-refractivity contribution in [3.8, 4) is 45.3 Å². The molecule has 0 radical (unpaired) electrons. The lowest BCUT2D eigenvalue weighted by Crippen LogP contribution is -2.02. The molecule has 232 valence electrons. The van der Waals surface area contributed by atoms with E-state index in [4.69, 9.17) is 15.0 Å². The first kappa shape index (κ1) is 28.3. The van der Waals surface area contributed by atoms with E-state index in [1.165, 1.54) is 48.8 Å². The Labute approximate surface area is 289 Å². The second-order valence-corrected chi connectivity index (χ2v) is 12.7. The van der Waals surface area contributed by atoms with Gasteiger partial charge in [-0.05, 0) is 71.1 Å². The fourth-order valence-corrected chi connectivity index (χ4v) is 7.66. The summed E-state index contributed by atoms with van der Waals surface area (Å²) in [7, 11) is 0. The van der Waals surface area contributed by atoms with Gasteiger partial charge in [0.05, 0.1) is 0 Å². The highest BCUT2D eigenvalue weighted by Crippen LogP contribution is 2.44. The van der Waals surface area contributed by atoms with E-state index in [1.807, 2.05) is 18.2 Å². The summed E-state index contributed by atoms with van der Waals surface area (Å²) in [6.07, 6.45) is 0. The molecule has 0 aliphatic rings. The van der Waals surface area contributed by atoms with E-state index in [1.54, 1.807) is 0 Å². The number of hydrogen-bond acceptors (Lipinski definition) is 3. The largest absolute Gasteiger partial charge is 0.208 e. The van der Waals surface area contributed by atoms with Crippen LogP contribution in [0.15, 0.2) is 176 Å². The van der Waals surface area contributed by atoms with Gasteiger partial charge in [-0.15, -0.1) is 0 Å². The molecule has 0 saturated carbocycles. The van der Waals surface area contributed by atoms with Gasteiger partial charge in [-0.25, -0.2) is 15.0 Å². The van der Waals surface area contributed by atoms with Crippen LogP contribution in [-0.2, 0) is 0 Å². The van der Waals surface area contributed by atoms with E-state index < -0.39 is 0 Å². The minimum Gasteiger partial charge on any atom is -0.208 e. The zero-order valence-electron chi connectivity index (χ0n) is 27.1. The van der Waals surface area contributed by atoms with Crippen LogP contribution in [-0.4, -0.2) is 15.0 Å². The Morgan fingerprint density at radius 1 is 0.260 bits per heavy atom. The Balaban J connectivity index is 1.34. The molecule has 9 aromatic carbocycles. The molecule has 0 spiro atoms. The molecule has 0 fully saturated rings. The van der Waals surface area contributed by atoms with Crippen molar-refractivity contribution in [3.63, 3.8) is 0 Å². The standard InChI is InChI=1S/C47H29N3/c1-3-16-31(17-4-1)43-37-23-11-13-25-39(37)44(40-26-14-12-24-38(40)43)47-49-45(32-18-5-2-6-19-32)48-46(50-47)42-29-41-33-20-8-7-15-30(33)27-28-36(41)34-21-9-10-22-35(34)42/h1-29H. The highest BCUT2D eigenvalue weighted by atomic mass is 15.0. The SMILES string of the molecule is c1ccc(-c2nc(-c3c4ccccc4c(-c4ccccc4)c4ccccc34)nc(-c3cc4c5ccccc5ccc4c4ccccc34)n2)cc1. The maximum atomic E-state index is 5.42. The first-order valence-electron chi connectivity index (χ1n) is 17.0. The first-order chi connectivity index (χ1) is 24.8. The normalized spacial score (nSPS) is 11.6. The molecule has 0 bridgehead atoms. The van der Waals surface area contributed by atoms with Crippen LogP contribution in [0.25, 0.3) is 99.2 Å². The van der Waals surface area contributed by atoms with Crippen LogP contribution in [0.4, 0.5) is 0 Å². The number of benzene rings is 9. The van der Waals surface area contributed by atoms with Crippen molar-refractivity contribution in [2.24, 2.45) is 0 Å². The van der Waals surface area contributed by atoms with Gasteiger partial charge in [-0.2, -0.15) is 0 Å². The number of fused-ring (bicyclic) bond motifs is 7. The zero-order valence-corrected chi connectivity index (χ0v) is 27.1. The zero-order chi connectivity index (χ0) is 33.0. The lowest BCUT2D eigenvalue weighted by molar-refractivity contribution is 1.08. The summed E-state index contributed by atoms with van der Waals surface area (Å²) < 4.78 is 0. The topological polar surface area (TPSA) is 38.7 Å². The Bertz CT molecular complexity index is 2860. The fourth-order valence-electron chi connectivity index (χ4n) is 7.66. The molecule has 3 nitrogen and oxygen atoms in total. The summed E-state index contributed by atoms with van der Waals surface area (Å²) in [5.74, 6) is 1.95. The second-order valence-electron chi connectivity index (χ2n) is 12.7. The molecule has 0 atom stereocenters. The third kappa shape index (κ3) is 4.48.